The van der Waals surface area contributed by atoms with Crippen LogP contribution in [0.15, 0.2) is 11.3 Å². The van der Waals surface area contributed by atoms with E-state index < -0.39 is 6.17 Å². The predicted molar refractivity (Wildman–Crippen MR) is 46.7 cm³/mol. The Bertz CT molecular complexity index is 234. The zero-order chi connectivity index (χ0) is 9.30. The molecular weight excluding hydrogens is 157 g/mol. The fourth-order valence-corrected chi connectivity index (χ4v) is 1.68. The maximum atomic E-state index is 13.2. The molecule has 1 aliphatic carbocycles. The average molecular weight is 171 g/mol. The second-order valence-corrected chi connectivity index (χ2v) is 3.10. The lowest BCUT2D eigenvalue weighted by Gasteiger charge is -2.08. The Morgan fingerprint density at radius 2 is 2.33 bits per heavy atom. The molecule has 0 amide bonds. The summed E-state index contributed by atoms with van der Waals surface area (Å²) in [5.41, 5.74) is 6.45. The molecule has 0 aromatic heterocycles. The highest BCUT2D eigenvalue weighted by Crippen LogP contribution is 2.32. The lowest BCUT2D eigenvalue weighted by Crippen LogP contribution is -2.21. The molecule has 4 N–H and O–H groups in total. The first-order chi connectivity index (χ1) is 5.57. The van der Waals surface area contributed by atoms with Crippen LogP contribution in [0.5, 0.6) is 0 Å². The number of rotatable bonds is 2. The molecular formula is C8H14FN3. The van der Waals surface area contributed by atoms with Gasteiger partial charge in [0.25, 0.3) is 0 Å². The molecule has 1 rings (SSSR count). The Hall–Kier alpha value is -1.06. The summed E-state index contributed by atoms with van der Waals surface area (Å²) < 4.78 is 13.2. The SMILES string of the molecule is CNC1=C(C(=N)N)[C@H](C)CC1F. The van der Waals surface area contributed by atoms with Crippen molar-refractivity contribution in [1.29, 1.82) is 5.41 Å². The first-order valence-electron chi connectivity index (χ1n) is 3.98. The molecule has 0 radical (unpaired) electrons. The fraction of sp³-hybridized carbons (Fsp3) is 0.625. The molecule has 0 heterocycles. The van der Waals surface area contributed by atoms with Crippen LogP contribution in [0, 0.1) is 11.3 Å². The van der Waals surface area contributed by atoms with E-state index in [4.69, 9.17) is 11.1 Å². The standard InChI is InChI=1S/C8H14FN3/c1-4-3-5(9)7(12-2)6(4)8(10)11/h4-5,12H,3H2,1-2H3,(H3,10,11)/t4-,5?/m1/s1. The number of alkyl halides is 1. The molecule has 0 spiro atoms. The number of hydrogen-bond acceptors (Lipinski definition) is 2. The van der Waals surface area contributed by atoms with Crippen molar-refractivity contribution < 1.29 is 4.39 Å². The molecule has 0 aliphatic heterocycles. The second kappa shape index (κ2) is 3.13. The zero-order valence-corrected chi connectivity index (χ0v) is 7.32. The van der Waals surface area contributed by atoms with Crippen LogP contribution >= 0.6 is 0 Å². The van der Waals surface area contributed by atoms with E-state index in [1.807, 2.05) is 6.92 Å². The van der Waals surface area contributed by atoms with Gasteiger partial charge in [-0.3, -0.25) is 5.41 Å². The van der Waals surface area contributed by atoms with Crippen LogP contribution in [0.3, 0.4) is 0 Å². The number of nitrogens with one attached hydrogen (secondary N) is 2. The van der Waals surface area contributed by atoms with E-state index in [2.05, 4.69) is 5.32 Å². The average Bonchev–Trinajstić information content (AvgIpc) is 2.24. The summed E-state index contributed by atoms with van der Waals surface area (Å²) in [5.74, 6) is 0.0342. The normalized spacial score (nSPS) is 29.2. The van der Waals surface area contributed by atoms with Gasteiger partial charge in [-0.2, -0.15) is 0 Å². The van der Waals surface area contributed by atoms with E-state index in [1.165, 1.54) is 0 Å². The van der Waals surface area contributed by atoms with Crippen LogP contribution in [0.25, 0.3) is 0 Å². The Morgan fingerprint density at radius 1 is 1.75 bits per heavy atom. The third kappa shape index (κ3) is 1.29. The largest absolute Gasteiger partial charge is 0.389 e. The van der Waals surface area contributed by atoms with Gasteiger partial charge < -0.3 is 11.1 Å². The van der Waals surface area contributed by atoms with Crippen LogP contribution in [0.4, 0.5) is 4.39 Å². The highest BCUT2D eigenvalue weighted by Gasteiger charge is 2.31. The van der Waals surface area contributed by atoms with Crippen molar-refractivity contribution in [3.63, 3.8) is 0 Å². The molecule has 0 saturated heterocycles. The number of allylic oxidation sites excluding steroid dienone is 1. The highest BCUT2D eigenvalue weighted by atomic mass is 19.1. The van der Waals surface area contributed by atoms with Crippen molar-refractivity contribution in [2.24, 2.45) is 11.7 Å². The van der Waals surface area contributed by atoms with Crippen molar-refractivity contribution in [2.75, 3.05) is 7.05 Å². The molecule has 0 bridgehead atoms. The highest BCUT2D eigenvalue weighted by molar-refractivity contribution is 5.96. The molecule has 0 fully saturated rings. The minimum atomic E-state index is -0.983. The molecule has 68 valence electrons. The number of halogens is 1. The first kappa shape index (κ1) is 9.03. The Morgan fingerprint density at radius 3 is 2.67 bits per heavy atom. The third-order valence-electron chi connectivity index (χ3n) is 2.22. The van der Waals surface area contributed by atoms with Crippen LogP contribution in [0.1, 0.15) is 13.3 Å². The van der Waals surface area contributed by atoms with Gasteiger partial charge in [-0.25, -0.2) is 4.39 Å². The van der Waals surface area contributed by atoms with Crippen LogP contribution < -0.4 is 11.1 Å². The number of hydrogen-bond donors (Lipinski definition) is 3. The summed E-state index contributed by atoms with van der Waals surface area (Å²) in [7, 11) is 1.66. The van der Waals surface area contributed by atoms with E-state index in [-0.39, 0.29) is 11.8 Å². The lowest BCUT2D eigenvalue weighted by molar-refractivity contribution is 0.350. The fourth-order valence-electron chi connectivity index (χ4n) is 1.68. The van der Waals surface area contributed by atoms with Gasteiger partial charge in [0, 0.05) is 12.6 Å². The second-order valence-electron chi connectivity index (χ2n) is 3.10. The molecule has 0 saturated carbocycles. The van der Waals surface area contributed by atoms with Crippen molar-refractivity contribution in [2.45, 2.75) is 19.5 Å². The molecule has 3 nitrogen and oxygen atoms in total. The molecule has 1 unspecified atom stereocenters. The van der Waals surface area contributed by atoms with E-state index in [9.17, 15) is 4.39 Å². The third-order valence-corrected chi connectivity index (χ3v) is 2.22. The quantitative estimate of drug-likeness (QED) is 0.424. The monoisotopic (exact) mass is 171 g/mol. The minimum absolute atomic E-state index is 0.0213. The molecule has 0 aromatic carbocycles. The van der Waals surface area contributed by atoms with E-state index in [1.54, 1.807) is 7.05 Å². The Balaban J connectivity index is 3.01. The van der Waals surface area contributed by atoms with Crippen molar-refractivity contribution in [3.8, 4) is 0 Å². The summed E-state index contributed by atoms with van der Waals surface area (Å²) in [6, 6.07) is 0. The van der Waals surface area contributed by atoms with Crippen LogP contribution in [-0.2, 0) is 0 Å². The van der Waals surface area contributed by atoms with Gasteiger partial charge in [0.15, 0.2) is 0 Å². The first-order valence-corrected chi connectivity index (χ1v) is 3.98. The number of amidine groups is 1. The molecule has 0 aromatic rings. The number of nitrogens with two attached hydrogens (primary N) is 1. The van der Waals surface area contributed by atoms with Gasteiger partial charge in [-0.1, -0.05) is 6.92 Å². The van der Waals surface area contributed by atoms with Crippen LogP contribution in [-0.4, -0.2) is 19.1 Å². The van der Waals surface area contributed by atoms with Gasteiger partial charge in [-0.15, -0.1) is 0 Å². The molecule has 2 atom stereocenters. The van der Waals surface area contributed by atoms with Crippen molar-refractivity contribution in [1.82, 2.24) is 5.32 Å². The van der Waals surface area contributed by atoms with Gasteiger partial charge in [0.05, 0.1) is 5.70 Å². The maximum absolute atomic E-state index is 13.2. The van der Waals surface area contributed by atoms with Gasteiger partial charge in [-0.05, 0) is 12.3 Å². The van der Waals surface area contributed by atoms with Gasteiger partial charge in [0.2, 0.25) is 0 Å². The minimum Gasteiger partial charge on any atom is -0.389 e. The van der Waals surface area contributed by atoms with Gasteiger partial charge >= 0.3 is 0 Å². The lowest BCUT2D eigenvalue weighted by atomic mass is 10.0. The zero-order valence-electron chi connectivity index (χ0n) is 7.32. The van der Waals surface area contributed by atoms with E-state index >= 15 is 0 Å². The Labute approximate surface area is 71.3 Å². The molecule has 4 heteroatoms. The van der Waals surface area contributed by atoms with Crippen LogP contribution in [0.2, 0.25) is 0 Å². The van der Waals surface area contributed by atoms with Gasteiger partial charge in [0.1, 0.15) is 12.0 Å². The smallest absolute Gasteiger partial charge is 0.140 e. The van der Waals surface area contributed by atoms with Crippen molar-refractivity contribution in [3.05, 3.63) is 11.3 Å². The Kier molecular flexibility index (Phi) is 2.35. The predicted octanol–water partition coefficient (Wildman–Crippen LogP) is 0.774. The maximum Gasteiger partial charge on any atom is 0.140 e. The summed E-state index contributed by atoms with van der Waals surface area (Å²) in [6.07, 6.45) is -0.547. The summed E-state index contributed by atoms with van der Waals surface area (Å²) >= 11 is 0. The summed E-state index contributed by atoms with van der Waals surface area (Å²) in [4.78, 5) is 0. The molecule has 12 heavy (non-hydrogen) atoms. The summed E-state index contributed by atoms with van der Waals surface area (Å²) in [6.45, 7) is 1.88. The van der Waals surface area contributed by atoms with E-state index in [0.29, 0.717) is 17.7 Å². The van der Waals surface area contributed by atoms with Crippen molar-refractivity contribution >= 4 is 5.84 Å². The molecule has 1 aliphatic rings. The van der Waals surface area contributed by atoms with E-state index in [0.717, 1.165) is 0 Å². The summed E-state index contributed by atoms with van der Waals surface area (Å²) in [5, 5.41) is 10.0. The topological polar surface area (TPSA) is 61.9 Å².